The highest BCUT2D eigenvalue weighted by Crippen LogP contribution is 2.27. The lowest BCUT2D eigenvalue weighted by Crippen LogP contribution is -2.49. The van der Waals surface area contributed by atoms with Crippen molar-refractivity contribution in [1.29, 1.82) is 5.26 Å². The van der Waals surface area contributed by atoms with Gasteiger partial charge in [0.25, 0.3) is 0 Å². The number of nitrogens with zero attached hydrogens (tertiary/aromatic N) is 8. The highest BCUT2D eigenvalue weighted by atomic mass is 16.2. The van der Waals surface area contributed by atoms with Crippen molar-refractivity contribution in [3.8, 4) is 11.8 Å². The van der Waals surface area contributed by atoms with Crippen molar-refractivity contribution in [1.82, 2.24) is 29.7 Å². The van der Waals surface area contributed by atoms with Gasteiger partial charge in [-0.3, -0.25) is 9.69 Å². The van der Waals surface area contributed by atoms with Gasteiger partial charge in [0, 0.05) is 38.4 Å². The van der Waals surface area contributed by atoms with Gasteiger partial charge in [-0.15, -0.1) is 0 Å². The Balaban J connectivity index is 1.24. The summed E-state index contributed by atoms with van der Waals surface area (Å²) >= 11 is 0. The summed E-state index contributed by atoms with van der Waals surface area (Å²) < 4.78 is 3.75. The quantitative estimate of drug-likeness (QED) is 0.420. The number of nitriles is 1. The molecular weight excluding hydrogens is 466 g/mol. The number of piperazine rings is 1. The van der Waals surface area contributed by atoms with Gasteiger partial charge in [-0.2, -0.15) is 9.94 Å². The number of hydrogen-bond donors (Lipinski definition) is 1. The molecule has 0 aliphatic carbocycles. The van der Waals surface area contributed by atoms with Crippen LogP contribution in [0.4, 0.5) is 11.8 Å². The van der Waals surface area contributed by atoms with Gasteiger partial charge < -0.3 is 14.8 Å². The maximum atomic E-state index is 13.1. The molecule has 1 amide bonds. The van der Waals surface area contributed by atoms with E-state index in [0.717, 1.165) is 22.5 Å². The number of nitrogens with one attached hydrogen (secondary N) is 1. The summed E-state index contributed by atoms with van der Waals surface area (Å²) in [6.45, 7) is 7.53. The van der Waals surface area contributed by atoms with E-state index in [4.69, 9.17) is 0 Å². The predicted molar refractivity (Wildman–Crippen MR) is 141 cm³/mol. The SMILES string of the molecule is Cc1c(C#N)c(NC(=O)CN2CCN(c3nnnn3-c3ccccc3)CC2)n(Cc2ccccc2)c1C. The smallest absolute Gasteiger partial charge is 0.250 e. The zero-order valence-corrected chi connectivity index (χ0v) is 21.0. The molecule has 2 aromatic carbocycles. The molecule has 1 saturated heterocycles. The number of amides is 1. The summed E-state index contributed by atoms with van der Waals surface area (Å²) in [6, 6.07) is 22.1. The number of anilines is 2. The van der Waals surface area contributed by atoms with E-state index in [0.29, 0.717) is 50.1 Å². The summed E-state index contributed by atoms with van der Waals surface area (Å²) in [5.74, 6) is 1.12. The maximum Gasteiger partial charge on any atom is 0.250 e. The van der Waals surface area contributed by atoms with Crippen molar-refractivity contribution in [2.75, 3.05) is 42.9 Å². The number of rotatable bonds is 7. The third-order valence-electron chi connectivity index (χ3n) is 6.86. The molecule has 1 aliphatic heterocycles. The number of para-hydroxylation sites is 1. The van der Waals surface area contributed by atoms with Crippen LogP contribution in [0.2, 0.25) is 0 Å². The lowest BCUT2D eigenvalue weighted by atomic mass is 10.2. The molecule has 1 fully saturated rings. The topological polar surface area (TPSA) is 108 Å². The second kappa shape index (κ2) is 10.6. The molecule has 10 nitrogen and oxygen atoms in total. The summed E-state index contributed by atoms with van der Waals surface area (Å²) in [6.07, 6.45) is 0. The maximum absolute atomic E-state index is 13.1. The van der Waals surface area contributed by atoms with E-state index in [1.807, 2.05) is 79.1 Å². The average molecular weight is 496 g/mol. The minimum Gasteiger partial charge on any atom is -0.337 e. The van der Waals surface area contributed by atoms with Crippen molar-refractivity contribution in [3.63, 3.8) is 0 Å². The number of tetrazole rings is 1. The Bertz CT molecular complexity index is 1410. The van der Waals surface area contributed by atoms with Gasteiger partial charge in [0.2, 0.25) is 11.9 Å². The van der Waals surface area contributed by atoms with Gasteiger partial charge in [0.15, 0.2) is 0 Å². The molecule has 188 valence electrons. The van der Waals surface area contributed by atoms with Crippen molar-refractivity contribution in [2.24, 2.45) is 0 Å². The summed E-state index contributed by atoms with van der Waals surface area (Å²) in [7, 11) is 0. The number of aromatic nitrogens is 5. The predicted octanol–water partition coefficient (Wildman–Crippen LogP) is 2.76. The number of hydrogen-bond acceptors (Lipinski definition) is 7. The van der Waals surface area contributed by atoms with Gasteiger partial charge in [-0.1, -0.05) is 53.6 Å². The van der Waals surface area contributed by atoms with Crippen molar-refractivity contribution < 1.29 is 4.79 Å². The summed E-state index contributed by atoms with van der Waals surface area (Å²) in [4.78, 5) is 17.3. The van der Waals surface area contributed by atoms with Crippen molar-refractivity contribution >= 4 is 17.7 Å². The molecule has 0 spiro atoms. The van der Waals surface area contributed by atoms with Crippen LogP contribution in [0.25, 0.3) is 5.69 Å². The molecule has 5 rings (SSSR count). The molecule has 1 N–H and O–H groups in total. The summed E-state index contributed by atoms with van der Waals surface area (Å²) in [5.41, 5.74) is 4.38. The van der Waals surface area contributed by atoms with E-state index in [9.17, 15) is 10.1 Å². The Morgan fingerprint density at radius 3 is 2.35 bits per heavy atom. The third-order valence-corrected chi connectivity index (χ3v) is 6.86. The highest BCUT2D eigenvalue weighted by Gasteiger charge is 2.25. The lowest BCUT2D eigenvalue weighted by Gasteiger charge is -2.34. The first-order valence-corrected chi connectivity index (χ1v) is 12.3. The lowest BCUT2D eigenvalue weighted by molar-refractivity contribution is -0.117. The molecule has 37 heavy (non-hydrogen) atoms. The van der Waals surface area contributed by atoms with Gasteiger partial charge in [0.05, 0.1) is 17.8 Å². The molecular formula is C27H29N9O. The Kier molecular flexibility index (Phi) is 6.96. The number of carbonyl (C=O) groups excluding carboxylic acids is 1. The van der Waals surface area contributed by atoms with Crippen LogP contribution in [0.5, 0.6) is 0 Å². The summed E-state index contributed by atoms with van der Waals surface area (Å²) in [5, 5.41) is 25.1. The van der Waals surface area contributed by atoms with Crippen LogP contribution >= 0.6 is 0 Å². The van der Waals surface area contributed by atoms with Crippen LogP contribution in [-0.4, -0.2) is 68.3 Å². The van der Waals surface area contributed by atoms with Crippen LogP contribution in [0.3, 0.4) is 0 Å². The van der Waals surface area contributed by atoms with Crippen molar-refractivity contribution in [3.05, 3.63) is 83.0 Å². The van der Waals surface area contributed by atoms with Crippen LogP contribution in [0.1, 0.15) is 22.4 Å². The average Bonchev–Trinajstić information content (AvgIpc) is 3.50. The van der Waals surface area contributed by atoms with Crippen LogP contribution in [0, 0.1) is 25.2 Å². The molecule has 1 aliphatic rings. The first-order valence-electron chi connectivity index (χ1n) is 12.3. The second-order valence-corrected chi connectivity index (χ2v) is 9.16. The second-order valence-electron chi connectivity index (χ2n) is 9.16. The zero-order valence-electron chi connectivity index (χ0n) is 21.0. The number of carbonyl (C=O) groups is 1. The van der Waals surface area contributed by atoms with Crippen LogP contribution in [0.15, 0.2) is 60.7 Å². The Hall–Kier alpha value is -4.49. The van der Waals surface area contributed by atoms with E-state index in [1.54, 1.807) is 4.68 Å². The molecule has 0 bridgehead atoms. The largest absolute Gasteiger partial charge is 0.337 e. The molecule has 0 saturated carbocycles. The fraction of sp³-hybridized carbons (Fsp3) is 0.296. The monoisotopic (exact) mass is 495 g/mol. The fourth-order valence-corrected chi connectivity index (χ4v) is 4.69. The van der Waals surface area contributed by atoms with E-state index in [1.165, 1.54) is 0 Å². The first kappa shape index (κ1) is 24.2. The first-order chi connectivity index (χ1) is 18.0. The van der Waals surface area contributed by atoms with E-state index in [-0.39, 0.29) is 12.5 Å². The molecule has 10 heteroatoms. The van der Waals surface area contributed by atoms with Crippen molar-refractivity contribution in [2.45, 2.75) is 20.4 Å². The van der Waals surface area contributed by atoms with E-state index < -0.39 is 0 Å². The Morgan fingerprint density at radius 1 is 1.00 bits per heavy atom. The number of benzene rings is 2. The van der Waals surface area contributed by atoms with Gasteiger partial charge in [-0.25, -0.2) is 0 Å². The van der Waals surface area contributed by atoms with E-state index in [2.05, 4.69) is 36.7 Å². The molecule has 0 unspecified atom stereocenters. The minimum absolute atomic E-state index is 0.133. The van der Waals surface area contributed by atoms with Crippen LogP contribution < -0.4 is 10.2 Å². The molecule has 0 atom stereocenters. The molecule has 0 radical (unpaired) electrons. The Morgan fingerprint density at radius 2 is 1.68 bits per heavy atom. The standard InChI is InChI=1S/C27H29N9O/c1-20-21(2)35(18-22-9-5-3-6-10-22)26(24(20)17-28)29-25(37)19-33-13-15-34(16-14-33)27-30-31-32-36(27)23-11-7-4-8-12-23/h3-12H,13-16,18-19H2,1-2H3,(H,29,37). The van der Waals surface area contributed by atoms with Gasteiger partial charge in [0.1, 0.15) is 11.9 Å². The van der Waals surface area contributed by atoms with Crippen LogP contribution in [-0.2, 0) is 11.3 Å². The third kappa shape index (κ3) is 5.08. The molecule has 3 heterocycles. The molecule has 2 aromatic heterocycles. The normalized spacial score (nSPS) is 13.9. The zero-order chi connectivity index (χ0) is 25.8. The molecule has 4 aromatic rings. The van der Waals surface area contributed by atoms with E-state index >= 15 is 0 Å². The van der Waals surface area contributed by atoms with Gasteiger partial charge >= 0.3 is 0 Å². The fourth-order valence-electron chi connectivity index (χ4n) is 4.69. The van der Waals surface area contributed by atoms with Gasteiger partial charge in [-0.05, 0) is 47.5 Å². The Labute approximate surface area is 215 Å². The highest BCUT2D eigenvalue weighted by molar-refractivity contribution is 5.93. The minimum atomic E-state index is -0.133.